The Hall–Kier alpha value is -2.01. The molecule has 1 aliphatic rings. The minimum atomic E-state index is -0.784. The van der Waals surface area contributed by atoms with Crippen molar-refractivity contribution in [2.24, 2.45) is 9.98 Å². The van der Waals surface area contributed by atoms with Crippen molar-refractivity contribution < 1.29 is 4.79 Å². The van der Waals surface area contributed by atoms with Crippen LogP contribution in [0, 0.1) is 22.7 Å². The second-order valence-corrected chi connectivity index (χ2v) is 1.43. The van der Waals surface area contributed by atoms with E-state index in [9.17, 15) is 4.79 Å². The quantitative estimate of drug-likeness (QED) is 0.466. The molecule has 2 amide bonds. The summed E-state index contributed by atoms with van der Waals surface area (Å²) in [5.41, 5.74) is -0.403. The lowest BCUT2D eigenvalue weighted by molar-refractivity contribution is 0.257. The minimum Gasteiger partial charge on any atom is -0.244 e. The van der Waals surface area contributed by atoms with Crippen molar-refractivity contribution in [1.29, 1.82) is 10.5 Å². The van der Waals surface area contributed by atoms with Crippen molar-refractivity contribution in [2.45, 2.75) is 0 Å². The second-order valence-electron chi connectivity index (χ2n) is 1.43. The Morgan fingerprint density at radius 2 is 1.50 bits per heavy atom. The van der Waals surface area contributed by atoms with Crippen LogP contribution in [0.5, 0.6) is 0 Å². The second kappa shape index (κ2) is 2.08. The average molecular weight is 132 g/mol. The maximum absolute atomic E-state index is 10.3. The first-order valence-corrected chi connectivity index (χ1v) is 2.30. The Morgan fingerprint density at radius 1 is 1.10 bits per heavy atom. The van der Waals surface area contributed by atoms with E-state index in [1.165, 1.54) is 0 Å². The highest BCUT2D eigenvalue weighted by atomic mass is 16.2. The number of aliphatic imine (C=N–C) groups is 2. The minimum absolute atomic E-state index is 0.201. The van der Waals surface area contributed by atoms with Crippen molar-refractivity contribution in [3.05, 3.63) is 0 Å². The molecule has 10 heavy (non-hydrogen) atoms. The molecule has 0 saturated heterocycles. The molecule has 0 spiro atoms. The van der Waals surface area contributed by atoms with Gasteiger partial charge in [0.2, 0.25) is 0 Å². The Morgan fingerprint density at radius 3 is 1.80 bits per heavy atom. The van der Waals surface area contributed by atoms with Crippen LogP contribution in [0.25, 0.3) is 0 Å². The Kier molecular flexibility index (Phi) is 1.27. The molecule has 0 N–H and O–H groups in total. The van der Waals surface area contributed by atoms with E-state index in [0.29, 0.717) is 0 Å². The molecule has 46 valence electrons. The zero-order valence-electron chi connectivity index (χ0n) is 4.70. The van der Waals surface area contributed by atoms with Gasteiger partial charge in [-0.25, -0.2) is 4.79 Å². The molecule has 0 fully saturated rings. The number of hydrogen-bond acceptors (Lipinski definition) is 3. The predicted octanol–water partition coefficient (Wildman–Crippen LogP) is 0.0492. The van der Waals surface area contributed by atoms with Crippen LogP contribution in [0.1, 0.15) is 0 Å². The highest BCUT2D eigenvalue weighted by Crippen LogP contribution is 1.97. The Labute approximate surface area is 55.9 Å². The van der Waals surface area contributed by atoms with Gasteiger partial charge >= 0.3 is 6.03 Å². The average Bonchev–Trinajstić information content (AvgIpc) is 2.30. The molecule has 0 aromatic heterocycles. The van der Waals surface area contributed by atoms with E-state index in [0.717, 1.165) is 0 Å². The van der Waals surface area contributed by atoms with Gasteiger partial charge in [0.05, 0.1) is 0 Å². The molecule has 0 unspecified atom stereocenters. The SMILES string of the molecule is N#CC1=NC(=O)N=C1C#N. The van der Waals surface area contributed by atoms with E-state index in [2.05, 4.69) is 9.98 Å². The number of carbonyl (C=O) groups is 1. The predicted molar refractivity (Wildman–Crippen MR) is 31.5 cm³/mol. The van der Waals surface area contributed by atoms with Crippen LogP contribution >= 0.6 is 0 Å². The molecule has 0 aromatic rings. The largest absolute Gasteiger partial charge is 0.369 e. The van der Waals surface area contributed by atoms with Crippen LogP contribution in [0.2, 0.25) is 0 Å². The van der Waals surface area contributed by atoms with E-state index >= 15 is 0 Å². The topological polar surface area (TPSA) is 89.4 Å². The molecule has 1 rings (SSSR count). The zero-order valence-corrected chi connectivity index (χ0v) is 4.70. The fraction of sp³-hybridized carbons (Fsp3) is 0. The third kappa shape index (κ3) is 0.762. The van der Waals surface area contributed by atoms with E-state index in [4.69, 9.17) is 10.5 Å². The van der Waals surface area contributed by atoms with Gasteiger partial charge in [-0.3, -0.25) is 0 Å². The summed E-state index contributed by atoms with van der Waals surface area (Å²) in [6.07, 6.45) is 0. The number of nitriles is 2. The van der Waals surface area contributed by atoms with Gasteiger partial charge < -0.3 is 0 Å². The summed E-state index contributed by atoms with van der Waals surface area (Å²) in [6, 6.07) is 2.36. The molecule has 1 heterocycles. The highest BCUT2D eigenvalue weighted by Gasteiger charge is 2.17. The van der Waals surface area contributed by atoms with Crippen LogP contribution in [-0.2, 0) is 0 Å². The number of nitrogens with zero attached hydrogens (tertiary/aromatic N) is 4. The number of carbonyl (C=O) groups excluding carboxylic acids is 1. The molecule has 0 bridgehead atoms. The first-order valence-electron chi connectivity index (χ1n) is 2.30. The van der Waals surface area contributed by atoms with Gasteiger partial charge in [0, 0.05) is 0 Å². The number of rotatable bonds is 0. The van der Waals surface area contributed by atoms with E-state index < -0.39 is 6.03 Å². The van der Waals surface area contributed by atoms with Crippen LogP contribution in [0.3, 0.4) is 0 Å². The maximum Gasteiger partial charge on any atom is 0.369 e. The van der Waals surface area contributed by atoms with Gasteiger partial charge in [-0.15, -0.1) is 0 Å². The summed E-state index contributed by atoms with van der Waals surface area (Å²) < 4.78 is 0. The first-order chi connectivity index (χ1) is 4.77. The smallest absolute Gasteiger partial charge is 0.244 e. The molecule has 0 saturated carbocycles. The number of hydrogen-bond donors (Lipinski definition) is 0. The summed E-state index contributed by atoms with van der Waals surface area (Å²) in [5.74, 6) is 0. The highest BCUT2D eigenvalue weighted by molar-refractivity contribution is 6.57. The van der Waals surface area contributed by atoms with Crippen molar-refractivity contribution in [3.63, 3.8) is 0 Å². The lowest BCUT2D eigenvalue weighted by Crippen LogP contribution is -2.04. The van der Waals surface area contributed by atoms with E-state index in [1.807, 2.05) is 0 Å². The van der Waals surface area contributed by atoms with Crippen LogP contribution in [0.4, 0.5) is 4.79 Å². The molecule has 0 aromatic carbocycles. The summed E-state index contributed by atoms with van der Waals surface area (Å²) in [7, 11) is 0. The van der Waals surface area contributed by atoms with Crippen LogP contribution in [-0.4, -0.2) is 17.5 Å². The molecule has 0 aliphatic carbocycles. The first kappa shape index (κ1) is 6.12. The van der Waals surface area contributed by atoms with Crippen molar-refractivity contribution in [1.82, 2.24) is 0 Å². The van der Waals surface area contributed by atoms with Gasteiger partial charge in [-0.2, -0.15) is 20.5 Å². The maximum atomic E-state index is 10.3. The van der Waals surface area contributed by atoms with E-state index in [1.54, 1.807) is 12.1 Å². The van der Waals surface area contributed by atoms with Gasteiger partial charge in [0.1, 0.15) is 12.1 Å². The lowest BCUT2D eigenvalue weighted by atomic mass is 10.3. The fourth-order valence-corrected chi connectivity index (χ4v) is 0.478. The molecule has 5 nitrogen and oxygen atoms in total. The zero-order chi connectivity index (χ0) is 7.56. The molecular formula is C5N4O. The fourth-order valence-electron chi connectivity index (χ4n) is 0.478. The molecular weight excluding hydrogens is 132 g/mol. The Bertz CT molecular complexity index is 293. The van der Waals surface area contributed by atoms with Crippen molar-refractivity contribution in [3.8, 4) is 12.1 Å². The summed E-state index contributed by atoms with van der Waals surface area (Å²) in [4.78, 5) is 16.6. The third-order valence-corrected chi connectivity index (χ3v) is 0.851. The van der Waals surface area contributed by atoms with Crippen molar-refractivity contribution >= 4 is 17.5 Å². The van der Waals surface area contributed by atoms with Gasteiger partial charge in [-0.1, -0.05) is 0 Å². The van der Waals surface area contributed by atoms with Gasteiger partial charge in [0.25, 0.3) is 0 Å². The van der Waals surface area contributed by atoms with E-state index in [-0.39, 0.29) is 11.4 Å². The molecule has 0 atom stereocenters. The van der Waals surface area contributed by atoms with Gasteiger partial charge in [0.15, 0.2) is 11.4 Å². The van der Waals surface area contributed by atoms with Crippen molar-refractivity contribution in [2.75, 3.05) is 0 Å². The molecule has 5 heteroatoms. The third-order valence-electron chi connectivity index (χ3n) is 0.851. The molecule has 0 radical (unpaired) electrons. The van der Waals surface area contributed by atoms with Gasteiger partial charge in [-0.05, 0) is 0 Å². The molecule has 1 aliphatic heterocycles. The summed E-state index contributed by atoms with van der Waals surface area (Å²) in [5, 5.41) is 16.4. The number of urea groups is 1. The van der Waals surface area contributed by atoms with Crippen LogP contribution < -0.4 is 0 Å². The lowest BCUT2D eigenvalue weighted by Gasteiger charge is -1.74. The van der Waals surface area contributed by atoms with Crippen LogP contribution in [0.15, 0.2) is 9.98 Å². The normalized spacial score (nSPS) is 15.2. The number of amides is 2. The monoisotopic (exact) mass is 132 g/mol. The Balaban J connectivity index is 3.12. The summed E-state index contributed by atoms with van der Waals surface area (Å²) >= 11 is 0. The summed E-state index contributed by atoms with van der Waals surface area (Å²) in [6.45, 7) is 0. The standard InChI is InChI=1S/C5N4O/c6-1-3-4(2-7)9-5(10)8-3.